The van der Waals surface area contributed by atoms with Gasteiger partial charge in [0.15, 0.2) is 0 Å². The van der Waals surface area contributed by atoms with E-state index in [4.69, 9.17) is 5.11 Å². The highest BCUT2D eigenvalue weighted by Crippen LogP contribution is 2.38. The van der Waals surface area contributed by atoms with Gasteiger partial charge in [-0.05, 0) is 6.42 Å². The lowest BCUT2D eigenvalue weighted by atomic mass is 9.90. The molecular formula is C8H8F2O4. The van der Waals surface area contributed by atoms with E-state index in [-0.39, 0.29) is 6.42 Å². The van der Waals surface area contributed by atoms with Gasteiger partial charge in [-0.3, -0.25) is 14.3 Å². The number of alkyl halides is 2. The predicted octanol–water partition coefficient (Wildman–Crippen LogP) is 0.981. The van der Waals surface area contributed by atoms with Gasteiger partial charge >= 0.3 is 12.3 Å². The van der Waals surface area contributed by atoms with Crippen LogP contribution in [0.2, 0.25) is 0 Å². The fourth-order valence-corrected chi connectivity index (χ4v) is 1.67. The Morgan fingerprint density at radius 1 is 1.50 bits per heavy atom. The van der Waals surface area contributed by atoms with Gasteiger partial charge in [-0.2, -0.15) is 0 Å². The average Bonchev–Trinajstić information content (AvgIpc) is 2.36. The minimum atomic E-state index is -3.67. The van der Waals surface area contributed by atoms with Gasteiger partial charge in [0.05, 0.1) is 5.92 Å². The largest absolute Gasteiger partial charge is 0.486 e. The van der Waals surface area contributed by atoms with Crippen molar-refractivity contribution in [1.82, 2.24) is 0 Å². The molecule has 2 rings (SSSR count). The monoisotopic (exact) mass is 206 g/mol. The van der Waals surface area contributed by atoms with E-state index in [1.807, 2.05) is 0 Å². The summed E-state index contributed by atoms with van der Waals surface area (Å²) in [5.41, 5.74) is 0. The first kappa shape index (κ1) is 9.54. The van der Waals surface area contributed by atoms with Crippen LogP contribution in [0.1, 0.15) is 6.42 Å². The second-order valence-electron chi connectivity index (χ2n) is 3.24. The predicted molar refractivity (Wildman–Crippen MR) is 39.6 cm³/mol. The van der Waals surface area contributed by atoms with E-state index in [0.717, 1.165) is 0 Å². The fraction of sp³-hybridized carbons (Fsp3) is 0.625. The zero-order valence-electron chi connectivity index (χ0n) is 7.02. The Kier molecular flexibility index (Phi) is 2.04. The SMILES string of the molecule is O=C(O)C1CC=CC2OC(F)(F)OC21. The molecule has 1 N–H and O–H groups in total. The van der Waals surface area contributed by atoms with Gasteiger partial charge in [-0.1, -0.05) is 12.2 Å². The first-order valence-electron chi connectivity index (χ1n) is 4.12. The molecule has 1 aliphatic carbocycles. The first-order valence-corrected chi connectivity index (χ1v) is 4.12. The molecule has 2 aliphatic rings. The molecule has 0 radical (unpaired) electrons. The van der Waals surface area contributed by atoms with Crippen LogP contribution in [-0.4, -0.2) is 29.6 Å². The second kappa shape index (κ2) is 2.99. The number of hydrogen-bond donors (Lipinski definition) is 1. The summed E-state index contributed by atoms with van der Waals surface area (Å²) in [6, 6.07) is 0. The van der Waals surface area contributed by atoms with Crippen molar-refractivity contribution in [2.24, 2.45) is 5.92 Å². The molecule has 0 saturated carbocycles. The molecule has 14 heavy (non-hydrogen) atoms. The molecule has 1 saturated heterocycles. The Hall–Kier alpha value is -1.01. The summed E-state index contributed by atoms with van der Waals surface area (Å²) in [5, 5.41) is 8.74. The van der Waals surface area contributed by atoms with Gasteiger partial charge in [-0.15, -0.1) is 8.78 Å². The van der Waals surface area contributed by atoms with E-state index >= 15 is 0 Å². The molecule has 1 fully saturated rings. The molecule has 1 heterocycles. The van der Waals surface area contributed by atoms with Crippen molar-refractivity contribution in [3.63, 3.8) is 0 Å². The van der Waals surface area contributed by atoms with E-state index < -0.39 is 30.4 Å². The van der Waals surface area contributed by atoms with Crippen LogP contribution in [0.25, 0.3) is 0 Å². The smallest absolute Gasteiger partial charge is 0.481 e. The Labute approximate surface area is 78.1 Å². The summed E-state index contributed by atoms with van der Waals surface area (Å²) in [6.07, 6.45) is -2.60. The molecule has 3 unspecified atom stereocenters. The van der Waals surface area contributed by atoms with Crippen LogP contribution in [0.15, 0.2) is 12.2 Å². The van der Waals surface area contributed by atoms with Gasteiger partial charge in [0.2, 0.25) is 0 Å². The van der Waals surface area contributed by atoms with Gasteiger partial charge < -0.3 is 5.11 Å². The number of hydrogen-bond acceptors (Lipinski definition) is 3. The molecule has 0 aromatic rings. The van der Waals surface area contributed by atoms with E-state index in [1.165, 1.54) is 12.2 Å². The third-order valence-corrected chi connectivity index (χ3v) is 2.30. The summed E-state index contributed by atoms with van der Waals surface area (Å²) in [4.78, 5) is 10.7. The van der Waals surface area contributed by atoms with Crippen molar-refractivity contribution >= 4 is 5.97 Å². The summed E-state index contributed by atoms with van der Waals surface area (Å²) in [6.45, 7) is 0. The van der Waals surface area contributed by atoms with Gasteiger partial charge in [0.25, 0.3) is 0 Å². The maximum Gasteiger partial charge on any atom is 0.486 e. The van der Waals surface area contributed by atoms with Crippen molar-refractivity contribution in [2.45, 2.75) is 24.9 Å². The molecule has 0 aromatic heterocycles. The minimum Gasteiger partial charge on any atom is -0.481 e. The number of allylic oxidation sites excluding steroid dienone is 1. The number of carbonyl (C=O) groups is 1. The highest BCUT2D eigenvalue weighted by Gasteiger charge is 2.53. The maximum atomic E-state index is 12.6. The van der Waals surface area contributed by atoms with Crippen LogP contribution in [0.5, 0.6) is 0 Å². The fourth-order valence-electron chi connectivity index (χ4n) is 1.67. The lowest BCUT2D eigenvalue weighted by Crippen LogP contribution is -2.37. The van der Waals surface area contributed by atoms with Crippen molar-refractivity contribution in [2.75, 3.05) is 0 Å². The minimum absolute atomic E-state index is 0.190. The molecule has 6 heteroatoms. The van der Waals surface area contributed by atoms with Gasteiger partial charge in [0.1, 0.15) is 12.2 Å². The number of rotatable bonds is 1. The molecule has 78 valence electrons. The normalized spacial score (nSPS) is 39.4. The highest BCUT2D eigenvalue weighted by molar-refractivity contribution is 5.71. The molecule has 0 amide bonds. The number of carboxylic acids is 1. The van der Waals surface area contributed by atoms with E-state index in [1.54, 1.807) is 0 Å². The zero-order chi connectivity index (χ0) is 10.3. The highest BCUT2D eigenvalue weighted by atomic mass is 19.3. The van der Waals surface area contributed by atoms with Crippen molar-refractivity contribution < 1.29 is 28.2 Å². The van der Waals surface area contributed by atoms with Crippen molar-refractivity contribution in [1.29, 1.82) is 0 Å². The lowest BCUT2D eigenvalue weighted by molar-refractivity contribution is -0.350. The zero-order valence-corrected chi connectivity index (χ0v) is 7.02. The third-order valence-electron chi connectivity index (χ3n) is 2.30. The van der Waals surface area contributed by atoms with Crippen LogP contribution in [0, 0.1) is 5.92 Å². The summed E-state index contributed by atoms with van der Waals surface area (Å²) in [5.74, 6) is -2.11. The van der Waals surface area contributed by atoms with Crippen LogP contribution >= 0.6 is 0 Å². The average molecular weight is 206 g/mol. The third kappa shape index (κ3) is 1.51. The van der Waals surface area contributed by atoms with Crippen LogP contribution in [-0.2, 0) is 14.3 Å². The van der Waals surface area contributed by atoms with Crippen molar-refractivity contribution in [3.05, 3.63) is 12.2 Å². The van der Waals surface area contributed by atoms with E-state index in [0.29, 0.717) is 0 Å². The first-order chi connectivity index (χ1) is 6.49. The molecule has 4 nitrogen and oxygen atoms in total. The molecule has 1 aliphatic heterocycles. The quantitative estimate of drug-likeness (QED) is 0.650. The van der Waals surface area contributed by atoms with Crippen molar-refractivity contribution in [3.8, 4) is 0 Å². The molecule has 3 atom stereocenters. The number of aliphatic carboxylic acids is 1. The Morgan fingerprint density at radius 3 is 2.86 bits per heavy atom. The summed E-state index contributed by atoms with van der Waals surface area (Å²) < 4.78 is 33.7. The second-order valence-corrected chi connectivity index (χ2v) is 3.24. The lowest BCUT2D eigenvalue weighted by Gasteiger charge is -2.22. The Balaban J connectivity index is 2.20. The number of fused-ring (bicyclic) bond motifs is 1. The number of carboxylic acid groups (broad SMARTS) is 1. The van der Waals surface area contributed by atoms with Crippen LogP contribution < -0.4 is 0 Å². The van der Waals surface area contributed by atoms with Gasteiger partial charge in [0, 0.05) is 0 Å². The Morgan fingerprint density at radius 2 is 2.21 bits per heavy atom. The van der Waals surface area contributed by atoms with E-state index in [9.17, 15) is 13.6 Å². The summed E-state index contributed by atoms with van der Waals surface area (Å²) in [7, 11) is 0. The van der Waals surface area contributed by atoms with Crippen LogP contribution in [0.4, 0.5) is 8.78 Å². The molecule has 0 spiro atoms. The maximum absolute atomic E-state index is 12.6. The topological polar surface area (TPSA) is 55.8 Å². The molecular weight excluding hydrogens is 198 g/mol. The number of ether oxygens (including phenoxy) is 2. The molecule has 0 aromatic carbocycles. The van der Waals surface area contributed by atoms with E-state index in [2.05, 4.69) is 9.47 Å². The summed E-state index contributed by atoms with van der Waals surface area (Å²) >= 11 is 0. The molecule has 0 bridgehead atoms. The van der Waals surface area contributed by atoms with Gasteiger partial charge in [-0.25, -0.2) is 0 Å². The van der Waals surface area contributed by atoms with Crippen LogP contribution in [0.3, 0.4) is 0 Å². The Bertz CT molecular complexity index is 289. The standard InChI is InChI=1S/C8H8F2O4/c9-8(10)13-5-3-1-2-4(7(11)12)6(5)14-8/h1,3-6H,2H2,(H,11,12). The number of halogens is 2.